The lowest BCUT2D eigenvalue weighted by atomic mass is 10.0. The number of morpholine rings is 1. The van der Waals surface area contributed by atoms with Gasteiger partial charge in [0, 0.05) is 54.5 Å². The first-order valence-corrected chi connectivity index (χ1v) is 10.2. The van der Waals surface area contributed by atoms with Gasteiger partial charge in [0.15, 0.2) is 0 Å². The molecule has 2 aromatic heterocycles. The van der Waals surface area contributed by atoms with Crippen LogP contribution in [-0.4, -0.2) is 41.3 Å². The Labute approximate surface area is 175 Å². The molecule has 4 heterocycles. The third-order valence-electron chi connectivity index (χ3n) is 5.40. The zero-order chi connectivity index (χ0) is 20.3. The molecule has 3 aromatic rings. The summed E-state index contributed by atoms with van der Waals surface area (Å²) in [6.45, 7) is 6.04. The average Bonchev–Trinajstić information content (AvgIpc) is 2.80. The number of aromatic nitrogens is 3. The van der Waals surface area contributed by atoms with Crippen molar-refractivity contribution in [2.45, 2.75) is 13.5 Å². The Hall–Kier alpha value is -3.45. The second-order valence-corrected chi connectivity index (χ2v) is 7.43. The van der Waals surface area contributed by atoms with E-state index in [2.05, 4.69) is 61.9 Å². The van der Waals surface area contributed by atoms with Crippen LogP contribution in [0.5, 0.6) is 0 Å². The highest BCUT2D eigenvalue weighted by Gasteiger charge is 2.16. The summed E-state index contributed by atoms with van der Waals surface area (Å²) in [4.78, 5) is 15.9. The molecule has 0 aliphatic carbocycles. The molecule has 30 heavy (non-hydrogen) atoms. The highest BCUT2D eigenvalue weighted by Crippen LogP contribution is 2.30. The third kappa shape index (κ3) is 3.84. The number of rotatable bonds is 4. The monoisotopic (exact) mass is 400 g/mol. The molecule has 1 saturated heterocycles. The van der Waals surface area contributed by atoms with Gasteiger partial charge in [-0.15, -0.1) is 0 Å². The van der Waals surface area contributed by atoms with Crippen LogP contribution < -0.4 is 15.5 Å². The van der Waals surface area contributed by atoms with E-state index < -0.39 is 0 Å². The van der Waals surface area contributed by atoms with Crippen molar-refractivity contribution >= 4 is 23.3 Å². The standard InChI is InChI=1S/C23H24N6O/c1-16-25-13-18(14-26-16)22-12-17-6-7-24-15-21(17)23(28-22)27-19-2-4-20(5-3-19)29-8-10-30-11-9-29/h2-7,12-14,24H,8-11,15H2,1H3,(H,27,28). The first kappa shape index (κ1) is 18.6. The van der Waals surface area contributed by atoms with Crippen molar-refractivity contribution in [1.82, 2.24) is 20.3 Å². The molecule has 2 aliphatic rings. The Morgan fingerprint density at radius 3 is 2.60 bits per heavy atom. The normalized spacial score (nSPS) is 15.4. The van der Waals surface area contributed by atoms with E-state index in [0.29, 0.717) is 0 Å². The number of benzene rings is 1. The van der Waals surface area contributed by atoms with Crippen LogP contribution in [0.25, 0.3) is 17.3 Å². The summed E-state index contributed by atoms with van der Waals surface area (Å²) in [5.74, 6) is 1.60. The Morgan fingerprint density at radius 1 is 1.07 bits per heavy atom. The first-order chi connectivity index (χ1) is 14.8. The molecule has 0 saturated carbocycles. The Balaban J connectivity index is 1.45. The average molecular weight is 400 g/mol. The lowest BCUT2D eigenvalue weighted by Crippen LogP contribution is -2.36. The summed E-state index contributed by atoms with van der Waals surface area (Å²) in [6.07, 6.45) is 7.69. The van der Waals surface area contributed by atoms with E-state index in [1.54, 1.807) is 0 Å². The van der Waals surface area contributed by atoms with Crippen molar-refractivity contribution in [3.63, 3.8) is 0 Å². The molecule has 2 aliphatic heterocycles. The second kappa shape index (κ2) is 8.12. The van der Waals surface area contributed by atoms with Crippen molar-refractivity contribution in [3.05, 3.63) is 65.9 Å². The van der Waals surface area contributed by atoms with Crippen LogP contribution >= 0.6 is 0 Å². The zero-order valence-corrected chi connectivity index (χ0v) is 16.9. The van der Waals surface area contributed by atoms with Crippen molar-refractivity contribution in [3.8, 4) is 11.3 Å². The summed E-state index contributed by atoms with van der Waals surface area (Å²) in [5.41, 5.74) is 6.27. The van der Waals surface area contributed by atoms with Crippen LogP contribution in [0.3, 0.4) is 0 Å². The molecule has 7 nitrogen and oxygen atoms in total. The molecule has 0 spiro atoms. The van der Waals surface area contributed by atoms with Crippen LogP contribution in [0.1, 0.15) is 17.0 Å². The number of anilines is 3. The molecule has 7 heteroatoms. The number of hydrogen-bond acceptors (Lipinski definition) is 7. The topological polar surface area (TPSA) is 75.2 Å². The Morgan fingerprint density at radius 2 is 1.83 bits per heavy atom. The molecule has 0 bridgehead atoms. The maximum atomic E-state index is 5.45. The van der Waals surface area contributed by atoms with Gasteiger partial charge in [0.25, 0.3) is 0 Å². The van der Waals surface area contributed by atoms with Gasteiger partial charge in [0.1, 0.15) is 11.6 Å². The zero-order valence-electron chi connectivity index (χ0n) is 16.9. The van der Waals surface area contributed by atoms with Crippen LogP contribution in [0.2, 0.25) is 0 Å². The molecule has 1 fully saturated rings. The van der Waals surface area contributed by atoms with Gasteiger partial charge in [-0.2, -0.15) is 0 Å². The number of hydrogen-bond donors (Lipinski definition) is 2. The van der Waals surface area contributed by atoms with E-state index in [1.165, 1.54) is 5.69 Å². The smallest absolute Gasteiger partial charge is 0.136 e. The predicted octanol–water partition coefficient (Wildman–Crippen LogP) is 3.50. The summed E-state index contributed by atoms with van der Waals surface area (Å²) in [7, 11) is 0. The minimum Gasteiger partial charge on any atom is -0.387 e. The SMILES string of the molecule is Cc1ncc(-c2cc3c(c(Nc4ccc(N5CCOCC5)cc4)n2)CNC=C3)cn1. The van der Waals surface area contributed by atoms with Crippen molar-refractivity contribution in [2.24, 2.45) is 0 Å². The molecule has 5 rings (SSSR count). The summed E-state index contributed by atoms with van der Waals surface area (Å²) in [5, 5.41) is 6.80. The van der Waals surface area contributed by atoms with Gasteiger partial charge in [-0.25, -0.2) is 15.0 Å². The maximum absolute atomic E-state index is 5.45. The fourth-order valence-corrected chi connectivity index (χ4v) is 3.73. The number of fused-ring (bicyclic) bond motifs is 1. The number of pyridine rings is 1. The van der Waals surface area contributed by atoms with Crippen molar-refractivity contribution < 1.29 is 4.74 Å². The van der Waals surface area contributed by atoms with Gasteiger partial charge >= 0.3 is 0 Å². The van der Waals surface area contributed by atoms with Gasteiger partial charge in [-0.1, -0.05) is 0 Å². The lowest BCUT2D eigenvalue weighted by Gasteiger charge is -2.29. The molecule has 1 aromatic carbocycles. The lowest BCUT2D eigenvalue weighted by molar-refractivity contribution is 0.122. The van der Waals surface area contributed by atoms with Crippen LogP contribution in [0.4, 0.5) is 17.2 Å². The largest absolute Gasteiger partial charge is 0.387 e. The maximum Gasteiger partial charge on any atom is 0.136 e. The highest BCUT2D eigenvalue weighted by molar-refractivity contribution is 5.74. The molecule has 0 unspecified atom stereocenters. The van der Waals surface area contributed by atoms with E-state index in [9.17, 15) is 0 Å². The number of aryl methyl sites for hydroxylation is 1. The van der Waals surface area contributed by atoms with Crippen LogP contribution in [0.15, 0.2) is 48.9 Å². The Kier molecular flexibility index (Phi) is 5.03. The van der Waals surface area contributed by atoms with Crippen LogP contribution in [0, 0.1) is 6.92 Å². The van der Waals surface area contributed by atoms with E-state index in [0.717, 1.165) is 72.6 Å². The Bertz CT molecular complexity index is 1060. The third-order valence-corrected chi connectivity index (χ3v) is 5.40. The fraction of sp³-hybridized carbons (Fsp3) is 0.261. The number of ether oxygens (including phenoxy) is 1. The molecule has 2 N–H and O–H groups in total. The quantitative estimate of drug-likeness (QED) is 0.694. The fourth-order valence-electron chi connectivity index (χ4n) is 3.73. The predicted molar refractivity (Wildman–Crippen MR) is 119 cm³/mol. The summed E-state index contributed by atoms with van der Waals surface area (Å²) < 4.78 is 5.45. The second-order valence-electron chi connectivity index (χ2n) is 7.43. The molecule has 0 radical (unpaired) electrons. The molecule has 0 amide bonds. The van der Waals surface area contributed by atoms with Gasteiger partial charge < -0.3 is 20.3 Å². The van der Waals surface area contributed by atoms with Crippen molar-refractivity contribution in [2.75, 3.05) is 36.5 Å². The molecule has 0 atom stereocenters. The molecule has 152 valence electrons. The van der Waals surface area contributed by atoms with E-state index in [1.807, 2.05) is 25.5 Å². The number of nitrogens with one attached hydrogen (secondary N) is 2. The van der Waals surface area contributed by atoms with E-state index in [4.69, 9.17) is 9.72 Å². The van der Waals surface area contributed by atoms with Gasteiger partial charge in [0.2, 0.25) is 0 Å². The summed E-state index contributed by atoms with van der Waals surface area (Å²) in [6, 6.07) is 10.6. The van der Waals surface area contributed by atoms with Gasteiger partial charge in [-0.05, 0) is 55.1 Å². The molecular formula is C23H24N6O. The highest BCUT2D eigenvalue weighted by atomic mass is 16.5. The minimum atomic E-state index is 0.734. The minimum absolute atomic E-state index is 0.734. The first-order valence-electron chi connectivity index (χ1n) is 10.2. The van der Waals surface area contributed by atoms with Gasteiger partial charge in [-0.3, -0.25) is 0 Å². The number of nitrogens with zero attached hydrogens (tertiary/aromatic N) is 4. The van der Waals surface area contributed by atoms with Gasteiger partial charge in [0.05, 0.1) is 18.9 Å². The summed E-state index contributed by atoms with van der Waals surface area (Å²) >= 11 is 0. The van der Waals surface area contributed by atoms with E-state index in [-0.39, 0.29) is 0 Å². The molecular weight excluding hydrogens is 376 g/mol. The van der Waals surface area contributed by atoms with E-state index >= 15 is 0 Å². The van der Waals surface area contributed by atoms with Crippen molar-refractivity contribution in [1.29, 1.82) is 0 Å². The van der Waals surface area contributed by atoms with Crippen LogP contribution in [-0.2, 0) is 11.3 Å².